The van der Waals surface area contributed by atoms with Crippen LogP contribution in [0.3, 0.4) is 0 Å². The van der Waals surface area contributed by atoms with E-state index in [1.165, 1.54) is 12.3 Å². The average molecular weight is 224 g/mol. The zero-order chi connectivity index (χ0) is 12.0. The van der Waals surface area contributed by atoms with Gasteiger partial charge in [0.05, 0.1) is 6.10 Å². The van der Waals surface area contributed by atoms with E-state index in [2.05, 4.69) is 10.3 Å². The van der Waals surface area contributed by atoms with Gasteiger partial charge in [-0.25, -0.2) is 4.98 Å². The van der Waals surface area contributed by atoms with E-state index in [1.807, 2.05) is 0 Å². The topological polar surface area (TPSA) is 82.5 Å². The van der Waals surface area contributed by atoms with Crippen LogP contribution in [-0.4, -0.2) is 33.8 Å². The van der Waals surface area contributed by atoms with Gasteiger partial charge in [0.15, 0.2) is 5.69 Å². The predicted octanol–water partition coefficient (Wildman–Crippen LogP) is 0.678. The molecule has 5 nitrogen and oxygen atoms in total. The fourth-order valence-corrected chi connectivity index (χ4v) is 1.25. The Balaban J connectivity index is 2.39. The summed E-state index contributed by atoms with van der Waals surface area (Å²) in [5, 5.41) is 21.0. The van der Waals surface area contributed by atoms with Crippen molar-refractivity contribution in [3.63, 3.8) is 0 Å². The van der Waals surface area contributed by atoms with E-state index in [-0.39, 0.29) is 17.5 Å². The SMILES string of the molecule is CC(O)CCCNC(=O)c1ncccc1O. The summed E-state index contributed by atoms with van der Waals surface area (Å²) in [6, 6.07) is 2.97. The molecule has 1 aromatic rings. The zero-order valence-electron chi connectivity index (χ0n) is 9.18. The average Bonchev–Trinajstić information content (AvgIpc) is 2.24. The molecule has 1 rings (SSSR count). The molecule has 0 bridgehead atoms. The number of hydrogen-bond acceptors (Lipinski definition) is 4. The van der Waals surface area contributed by atoms with Crippen LogP contribution in [0.15, 0.2) is 18.3 Å². The number of aromatic hydroxyl groups is 1. The summed E-state index contributed by atoms with van der Waals surface area (Å²) in [7, 11) is 0. The van der Waals surface area contributed by atoms with Gasteiger partial charge in [-0.15, -0.1) is 0 Å². The molecule has 1 unspecified atom stereocenters. The Labute approximate surface area is 94.1 Å². The highest BCUT2D eigenvalue weighted by Gasteiger charge is 2.10. The van der Waals surface area contributed by atoms with Crippen LogP contribution in [-0.2, 0) is 0 Å². The van der Waals surface area contributed by atoms with Gasteiger partial charge in [-0.1, -0.05) is 0 Å². The number of aliphatic hydroxyl groups excluding tert-OH is 1. The van der Waals surface area contributed by atoms with Crippen molar-refractivity contribution in [2.24, 2.45) is 0 Å². The molecule has 0 spiro atoms. The standard InChI is InChI=1S/C11H16N2O3/c1-8(14)4-2-7-13-11(16)10-9(15)5-3-6-12-10/h3,5-6,8,14-15H,2,4,7H2,1H3,(H,13,16). The quantitative estimate of drug-likeness (QED) is 0.642. The van der Waals surface area contributed by atoms with Crippen LogP contribution in [0.25, 0.3) is 0 Å². The Morgan fingerprint density at radius 2 is 2.38 bits per heavy atom. The van der Waals surface area contributed by atoms with Crippen LogP contribution in [0, 0.1) is 0 Å². The van der Waals surface area contributed by atoms with Crippen molar-refractivity contribution in [1.82, 2.24) is 10.3 Å². The van der Waals surface area contributed by atoms with Crippen molar-refractivity contribution < 1.29 is 15.0 Å². The number of hydrogen-bond donors (Lipinski definition) is 3. The number of aromatic nitrogens is 1. The van der Waals surface area contributed by atoms with E-state index < -0.39 is 5.91 Å². The lowest BCUT2D eigenvalue weighted by Crippen LogP contribution is -2.25. The largest absolute Gasteiger partial charge is 0.505 e. The van der Waals surface area contributed by atoms with Gasteiger partial charge >= 0.3 is 0 Å². The van der Waals surface area contributed by atoms with Crippen molar-refractivity contribution >= 4 is 5.91 Å². The summed E-state index contributed by atoms with van der Waals surface area (Å²) in [6.45, 7) is 2.16. The molecule has 88 valence electrons. The second-order valence-electron chi connectivity index (χ2n) is 3.62. The van der Waals surface area contributed by atoms with Crippen LogP contribution in [0.2, 0.25) is 0 Å². The number of pyridine rings is 1. The van der Waals surface area contributed by atoms with Crippen molar-refractivity contribution in [2.45, 2.75) is 25.9 Å². The van der Waals surface area contributed by atoms with Crippen LogP contribution in [0.5, 0.6) is 5.75 Å². The van der Waals surface area contributed by atoms with Gasteiger partial charge in [-0.3, -0.25) is 4.79 Å². The molecule has 0 fully saturated rings. The number of carbonyl (C=O) groups excluding carboxylic acids is 1. The van der Waals surface area contributed by atoms with Gasteiger partial charge in [-0.2, -0.15) is 0 Å². The van der Waals surface area contributed by atoms with Gasteiger partial charge < -0.3 is 15.5 Å². The fraction of sp³-hybridized carbons (Fsp3) is 0.455. The number of carbonyl (C=O) groups is 1. The summed E-state index contributed by atoms with van der Waals surface area (Å²) in [4.78, 5) is 15.3. The number of aliphatic hydroxyl groups is 1. The van der Waals surface area contributed by atoms with Crippen molar-refractivity contribution in [2.75, 3.05) is 6.54 Å². The third kappa shape index (κ3) is 3.86. The van der Waals surface area contributed by atoms with Gasteiger partial charge in [0, 0.05) is 12.7 Å². The van der Waals surface area contributed by atoms with Crippen LogP contribution >= 0.6 is 0 Å². The van der Waals surface area contributed by atoms with E-state index in [4.69, 9.17) is 5.11 Å². The number of nitrogens with zero attached hydrogens (tertiary/aromatic N) is 1. The Kier molecular flexibility index (Phi) is 4.72. The van der Waals surface area contributed by atoms with Crippen molar-refractivity contribution in [3.8, 4) is 5.75 Å². The highest BCUT2D eigenvalue weighted by atomic mass is 16.3. The van der Waals surface area contributed by atoms with E-state index >= 15 is 0 Å². The Bertz CT molecular complexity index is 353. The summed E-state index contributed by atoms with van der Waals surface area (Å²) < 4.78 is 0. The molecule has 1 amide bonds. The molecule has 0 saturated carbocycles. The Morgan fingerprint density at radius 1 is 1.62 bits per heavy atom. The van der Waals surface area contributed by atoms with Crippen LogP contribution in [0.4, 0.5) is 0 Å². The van der Waals surface area contributed by atoms with Gasteiger partial charge in [0.25, 0.3) is 5.91 Å². The zero-order valence-corrected chi connectivity index (χ0v) is 9.18. The molecule has 1 aromatic heterocycles. The van der Waals surface area contributed by atoms with Gasteiger partial charge in [0.1, 0.15) is 5.75 Å². The van der Waals surface area contributed by atoms with Crippen LogP contribution in [0.1, 0.15) is 30.3 Å². The van der Waals surface area contributed by atoms with Crippen molar-refractivity contribution in [3.05, 3.63) is 24.0 Å². The van der Waals surface area contributed by atoms with E-state index in [0.29, 0.717) is 19.4 Å². The number of amides is 1. The molecule has 1 atom stereocenters. The minimum Gasteiger partial charge on any atom is -0.505 e. The van der Waals surface area contributed by atoms with E-state index in [1.54, 1.807) is 13.0 Å². The second kappa shape index (κ2) is 6.07. The van der Waals surface area contributed by atoms with Gasteiger partial charge in [-0.05, 0) is 31.9 Å². The molecule has 0 aliphatic rings. The molecular weight excluding hydrogens is 208 g/mol. The first-order valence-corrected chi connectivity index (χ1v) is 5.21. The maximum absolute atomic E-state index is 11.5. The predicted molar refractivity (Wildman–Crippen MR) is 59.1 cm³/mol. The fourth-order valence-electron chi connectivity index (χ4n) is 1.25. The van der Waals surface area contributed by atoms with E-state index in [0.717, 1.165) is 0 Å². The molecule has 16 heavy (non-hydrogen) atoms. The third-order valence-corrected chi connectivity index (χ3v) is 2.09. The summed E-state index contributed by atoms with van der Waals surface area (Å²) in [5.41, 5.74) is 0.0274. The first-order valence-electron chi connectivity index (χ1n) is 5.21. The molecule has 0 saturated heterocycles. The summed E-state index contributed by atoms with van der Waals surface area (Å²) >= 11 is 0. The summed E-state index contributed by atoms with van der Waals surface area (Å²) in [5.74, 6) is -0.529. The lowest BCUT2D eigenvalue weighted by atomic mass is 10.2. The highest BCUT2D eigenvalue weighted by Crippen LogP contribution is 2.11. The summed E-state index contributed by atoms with van der Waals surface area (Å²) in [6.07, 6.45) is 2.41. The van der Waals surface area contributed by atoms with E-state index in [9.17, 15) is 9.90 Å². The Hall–Kier alpha value is -1.62. The van der Waals surface area contributed by atoms with Crippen molar-refractivity contribution in [1.29, 1.82) is 0 Å². The molecule has 0 aliphatic carbocycles. The second-order valence-corrected chi connectivity index (χ2v) is 3.62. The smallest absolute Gasteiger partial charge is 0.273 e. The lowest BCUT2D eigenvalue weighted by molar-refractivity contribution is 0.0941. The maximum atomic E-state index is 11.5. The lowest BCUT2D eigenvalue weighted by Gasteiger charge is -2.06. The normalized spacial score (nSPS) is 12.1. The molecular formula is C11H16N2O3. The molecule has 0 radical (unpaired) electrons. The molecule has 0 aromatic carbocycles. The molecule has 1 heterocycles. The third-order valence-electron chi connectivity index (χ3n) is 2.09. The minimum absolute atomic E-state index is 0.0274. The maximum Gasteiger partial charge on any atom is 0.273 e. The minimum atomic E-state index is -0.399. The van der Waals surface area contributed by atoms with Gasteiger partial charge in [0.2, 0.25) is 0 Å². The molecule has 0 aliphatic heterocycles. The molecule has 5 heteroatoms. The highest BCUT2D eigenvalue weighted by molar-refractivity contribution is 5.94. The molecule has 3 N–H and O–H groups in total. The monoisotopic (exact) mass is 224 g/mol. The Morgan fingerprint density at radius 3 is 3.00 bits per heavy atom. The van der Waals surface area contributed by atoms with Crippen LogP contribution < -0.4 is 5.32 Å². The first kappa shape index (κ1) is 12.4. The first-order chi connectivity index (χ1) is 7.61. The number of nitrogens with one attached hydrogen (secondary N) is 1. The number of rotatable bonds is 5.